The third kappa shape index (κ3) is 4.45. The third-order valence-corrected chi connectivity index (χ3v) is 5.16. The first-order chi connectivity index (χ1) is 13.3. The van der Waals surface area contributed by atoms with Crippen LogP contribution < -0.4 is 4.90 Å². The van der Waals surface area contributed by atoms with Crippen molar-refractivity contribution in [2.75, 3.05) is 31.1 Å². The lowest BCUT2D eigenvalue weighted by Gasteiger charge is -2.40. The Kier molecular flexibility index (Phi) is 6.22. The van der Waals surface area contributed by atoms with E-state index >= 15 is 0 Å². The summed E-state index contributed by atoms with van der Waals surface area (Å²) < 4.78 is 40.9. The molecular formula is C19H27F3N6. The first kappa shape index (κ1) is 20.6. The number of aromatic nitrogens is 4. The Morgan fingerprint density at radius 1 is 1.11 bits per heavy atom. The highest BCUT2D eigenvalue weighted by Gasteiger charge is 2.32. The molecular weight excluding hydrogens is 369 g/mol. The molecule has 0 aliphatic carbocycles. The number of nitrogens with zero attached hydrogens (tertiary/aromatic N) is 6. The summed E-state index contributed by atoms with van der Waals surface area (Å²) in [5.41, 5.74) is 0.0147. The van der Waals surface area contributed by atoms with Gasteiger partial charge in [-0.05, 0) is 48.9 Å². The average molecular weight is 396 g/mol. The van der Waals surface area contributed by atoms with Crippen LogP contribution in [0.5, 0.6) is 0 Å². The van der Waals surface area contributed by atoms with E-state index in [1.54, 1.807) is 6.07 Å². The number of benzene rings is 1. The Labute approximate surface area is 163 Å². The predicted molar refractivity (Wildman–Crippen MR) is 101 cm³/mol. The van der Waals surface area contributed by atoms with Crippen LogP contribution in [0.1, 0.15) is 57.1 Å². The largest absolute Gasteiger partial charge is 0.416 e. The molecule has 1 aromatic heterocycles. The predicted octanol–water partition coefficient (Wildman–Crippen LogP) is 3.94. The molecule has 28 heavy (non-hydrogen) atoms. The number of hydrogen-bond donors (Lipinski definition) is 0. The number of hydrogen-bond acceptors (Lipinski definition) is 5. The lowest BCUT2D eigenvalue weighted by molar-refractivity contribution is -0.137. The summed E-state index contributed by atoms with van der Waals surface area (Å²) in [6.45, 7) is 9.09. The van der Waals surface area contributed by atoms with Gasteiger partial charge in [0, 0.05) is 31.9 Å². The fourth-order valence-corrected chi connectivity index (χ4v) is 3.71. The number of halogens is 3. The van der Waals surface area contributed by atoms with E-state index in [4.69, 9.17) is 0 Å². The van der Waals surface area contributed by atoms with Crippen LogP contribution in [0.3, 0.4) is 0 Å². The van der Waals surface area contributed by atoms with Gasteiger partial charge in [0.15, 0.2) is 5.82 Å². The Balaban J connectivity index is 1.72. The van der Waals surface area contributed by atoms with E-state index in [1.807, 2.05) is 9.58 Å². The normalized spacial score (nSPS) is 17.3. The minimum atomic E-state index is -4.32. The Bertz CT molecular complexity index is 765. The van der Waals surface area contributed by atoms with Gasteiger partial charge in [0.1, 0.15) is 0 Å². The smallest absolute Gasteiger partial charge is 0.369 e. The Morgan fingerprint density at radius 2 is 1.82 bits per heavy atom. The van der Waals surface area contributed by atoms with Gasteiger partial charge in [-0.2, -0.15) is 13.2 Å². The minimum absolute atomic E-state index is 0.117. The molecule has 2 aromatic rings. The minimum Gasteiger partial charge on any atom is -0.369 e. The summed E-state index contributed by atoms with van der Waals surface area (Å²) in [5.74, 6) is 0.865. The van der Waals surface area contributed by atoms with E-state index in [1.165, 1.54) is 12.1 Å². The number of alkyl halides is 3. The van der Waals surface area contributed by atoms with Crippen LogP contribution >= 0.6 is 0 Å². The van der Waals surface area contributed by atoms with Gasteiger partial charge in [-0.1, -0.05) is 19.4 Å². The van der Waals surface area contributed by atoms with Crippen molar-refractivity contribution in [3.63, 3.8) is 0 Å². The highest BCUT2D eigenvalue weighted by atomic mass is 19.4. The zero-order chi connectivity index (χ0) is 20.3. The van der Waals surface area contributed by atoms with Gasteiger partial charge in [-0.15, -0.1) is 5.10 Å². The maximum absolute atomic E-state index is 13.0. The molecule has 1 aliphatic heterocycles. The Morgan fingerprint density at radius 3 is 2.43 bits per heavy atom. The summed E-state index contributed by atoms with van der Waals surface area (Å²) in [7, 11) is 0. The average Bonchev–Trinajstić information content (AvgIpc) is 3.15. The van der Waals surface area contributed by atoms with Crippen LogP contribution in [0.4, 0.5) is 18.9 Å². The second-order valence-corrected chi connectivity index (χ2v) is 7.45. The number of anilines is 1. The van der Waals surface area contributed by atoms with Crippen molar-refractivity contribution in [1.82, 2.24) is 25.1 Å². The van der Waals surface area contributed by atoms with Gasteiger partial charge in [0.05, 0.1) is 17.6 Å². The molecule has 0 amide bonds. The topological polar surface area (TPSA) is 50.1 Å². The Hall–Kier alpha value is -2.16. The van der Waals surface area contributed by atoms with Crippen molar-refractivity contribution in [2.45, 2.75) is 51.9 Å². The maximum atomic E-state index is 13.0. The number of rotatable bonds is 6. The van der Waals surface area contributed by atoms with E-state index < -0.39 is 11.7 Å². The standard InChI is InChI=1S/C19H27F3N6/c1-4-6-17(18-23-24-25-28(18)14(2)3)27-11-9-26(10-12-27)16-8-5-7-15(13-16)19(20,21)22/h5,7-8,13-14,17H,4,6,9-12H2,1-3H3/t17-/m0/s1. The quantitative estimate of drug-likeness (QED) is 0.740. The fraction of sp³-hybridized carbons (Fsp3) is 0.632. The molecule has 0 saturated carbocycles. The van der Waals surface area contributed by atoms with Gasteiger partial charge in [-0.25, -0.2) is 4.68 Å². The lowest BCUT2D eigenvalue weighted by atomic mass is 10.1. The molecule has 1 aromatic carbocycles. The molecule has 1 saturated heterocycles. The summed E-state index contributed by atoms with van der Waals surface area (Å²) in [6, 6.07) is 5.86. The summed E-state index contributed by atoms with van der Waals surface area (Å²) in [4.78, 5) is 4.36. The summed E-state index contributed by atoms with van der Waals surface area (Å²) >= 11 is 0. The van der Waals surface area contributed by atoms with Gasteiger partial charge >= 0.3 is 6.18 Å². The molecule has 0 radical (unpaired) electrons. The maximum Gasteiger partial charge on any atom is 0.416 e. The zero-order valence-electron chi connectivity index (χ0n) is 16.5. The molecule has 3 rings (SSSR count). The first-order valence-corrected chi connectivity index (χ1v) is 9.75. The van der Waals surface area contributed by atoms with Crippen LogP contribution in [0.15, 0.2) is 24.3 Å². The van der Waals surface area contributed by atoms with Crippen molar-refractivity contribution < 1.29 is 13.2 Å². The van der Waals surface area contributed by atoms with Gasteiger partial charge in [0.2, 0.25) is 0 Å². The van der Waals surface area contributed by atoms with Crippen LogP contribution in [-0.4, -0.2) is 51.3 Å². The molecule has 0 bridgehead atoms. The highest BCUT2D eigenvalue weighted by Crippen LogP contribution is 2.33. The van der Waals surface area contributed by atoms with E-state index in [0.29, 0.717) is 18.8 Å². The first-order valence-electron chi connectivity index (χ1n) is 9.75. The summed E-state index contributed by atoms with van der Waals surface area (Å²) in [5, 5.41) is 12.2. The molecule has 1 atom stereocenters. The molecule has 1 fully saturated rings. The van der Waals surface area contributed by atoms with Crippen molar-refractivity contribution in [3.05, 3.63) is 35.7 Å². The molecule has 1 aliphatic rings. The van der Waals surface area contributed by atoms with Gasteiger partial charge in [-0.3, -0.25) is 4.90 Å². The molecule has 0 unspecified atom stereocenters. The monoisotopic (exact) mass is 396 g/mol. The van der Waals surface area contributed by atoms with E-state index in [-0.39, 0.29) is 12.1 Å². The molecule has 154 valence electrons. The van der Waals surface area contributed by atoms with E-state index in [9.17, 15) is 13.2 Å². The van der Waals surface area contributed by atoms with E-state index in [0.717, 1.165) is 37.8 Å². The van der Waals surface area contributed by atoms with Gasteiger partial charge in [0.25, 0.3) is 0 Å². The van der Waals surface area contributed by atoms with Crippen molar-refractivity contribution in [3.8, 4) is 0 Å². The van der Waals surface area contributed by atoms with Crippen LogP contribution in [0.25, 0.3) is 0 Å². The fourth-order valence-electron chi connectivity index (χ4n) is 3.71. The highest BCUT2D eigenvalue weighted by molar-refractivity contribution is 5.49. The second kappa shape index (κ2) is 8.46. The number of tetrazole rings is 1. The SMILES string of the molecule is CCC[C@@H](c1nnnn1C(C)C)N1CCN(c2cccc(C(F)(F)F)c2)CC1. The van der Waals surface area contributed by atoms with Crippen LogP contribution in [0, 0.1) is 0 Å². The molecule has 0 spiro atoms. The van der Waals surface area contributed by atoms with Gasteiger partial charge < -0.3 is 4.90 Å². The van der Waals surface area contributed by atoms with E-state index in [2.05, 4.69) is 41.2 Å². The molecule has 0 N–H and O–H groups in total. The summed E-state index contributed by atoms with van der Waals surface area (Å²) in [6.07, 6.45) is -2.38. The lowest BCUT2D eigenvalue weighted by Crippen LogP contribution is -2.48. The second-order valence-electron chi connectivity index (χ2n) is 7.45. The van der Waals surface area contributed by atoms with Crippen molar-refractivity contribution >= 4 is 5.69 Å². The molecule has 9 heteroatoms. The zero-order valence-corrected chi connectivity index (χ0v) is 16.5. The van der Waals surface area contributed by atoms with Crippen LogP contribution in [-0.2, 0) is 6.18 Å². The number of piperazine rings is 1. The molecule has 6 nitrogen and oxygen atoms in total. The third-order valence-electron chi connectivity index (χ3n) is 5.16. The molecule has 2 heterocycles. The van der Waals surface area contributed by atoms with Crippen molar-refractivity contribution in [2.24, 2.45) is 0 Å². The van der Waals surface area contributed by atoms with Crippen LogP contribution in [0.2, 0.25) is 0 Å². The van der Waals surface area contributed by atoms with Crippen molar-refractivity contribution in [1.29, 1.82) is 0 Å².